The Bertz CT molecular complexity index is 1490. The molecule has 1 saturated heterocycles. The lowest BCUT2D eigenvalue weighted by Crippen LogP contribution is -2.45. The van der Waals surface area contributed by atoms with Crippen LogP contribution in [0.3, 0.4) is 0 Å². The van der Waals surface area contributed by atoms with Crippen LogP contribution in [-0.4, -0.2) is 57.2 Å². The van der Waals surface area contributed by atoms with Crippen LogP contribution >= 0.6 is 0 Å². The van der Waals surface area contributed by atoms with Crippen LogP contribution in [0.5, 0.6) is 0 Å². The highest BCUT2D eigenvalue weighted by atomic mass is 32.2. The second-order valence-electron chi connectivity index (χ2n) is 9.25. The number of nitriles is 1. The van der Waals surface area contributed by atoms with Gasteiger partial charge in [0, 0.05) is 19.3 Å². The number of nitrogens with zero attached hydrogens (tertiary/aromatic N) is 6. The molecular formula is C25H26F3N7O3S. The number of alkyl halides is 3. The number of rotatable bonds is 7. The van der Waals surface area contributed by atoms with E-state index in [0.717, 1.165) is 6.07 Å². The van der Waals surface area contributed by atoms with Crippen molar-refractivity contribution in [3.63, 3.8) is 0 Å². The first-order valence-corrected chi connectivity index (χ1v) is 13.8. The molecule has 0 aliphatic carbocycles. The maximum atomic E-state index is 12.9. The fourth-order valence-electron chi connectivity index (χ4n) is 4.45. The van der Waals surface area contributed by atoms with Crippen LogP contribution in [0.4, 0.5) is 18.9 Å². The number of aromatic nitrogens is 4. The number of carbonyl (C=O) groups excluding carboxylic acids is 1. The Kier molecular flexibility index (Phi) is 7.76. The monoisotopic (exact) mass is 561 g/mol. The lowest BCUT2D eigenvalue weighted by Gasteiger charge is -2.36. The smallest absolute Gasteiger partial charge is 0.320 e. The molecule has 1 aliphatic rings. The van der Waals surface area contributed by atoms with Crippen molar-refractivity contribution in [3.8, 4) is 11.9 Å². The quantitative estimate of drug-likeness (QED) is 0.463. The van der Waals surface area contributed by atoms with Gasteiger partial charge in [-0.2, -0.15) is 23.5 Å². The highest BCUT2D eigenvalue weighted by Crippen LogP contribution is 2.35. The van der Waals surface area contributed by atoms with Gasteiger partial charge in [0.05, 0.1) is 52.4 Å². The maximum Gasteiger partial charge on any atom is 0.417 e. The minimum absolute atomic E-state index is 0.0679. The highest BCUT2D eigenvalue weighted by molar-refractivity contribution is 7.89. The predicted molar refractivity (Wildman–Crippen MR) is 135 cm³/mol. The molecule has 0 unspecified atom stereocenters. The van der Waals surface area contributed by atoms with Crippen molar-refractivity contribution in [2.75, 3.05) is 24.2 Å². The molecule has 0 atom stereocenters. The Hall–Kier alpha value is -3.83. The summed E-state index contributed by atoms with van der Waals surface area (Å²) >= 11 is 0. The molecule has 4 rings (SSSR count). The van der Waals surface area contributed by atoms with Gasteiger partial charge in [-0.05, 0) is 50.5 Å². The van der Waals surface area contributed by atoms with E-state index in [1.165, 1.54) is 27.4 Å². The Labute approximate surface area is 223 Å². The molecule has 39 heavy (non-hydrogen) atoms. The van der Waals surface area contributed by atoms with E-state index in [0.29, 0.717) is 42.5 Å². The molecule has 1 fully saturated rings. The van der Waals surface area contributed by atoms with E-state index in [1.54, 1.807) is 26.0 Å². The number of piperidine rings is 1. The van der Waals surface area contributed by atoms with Crippen LogP contribution in [0.1, 0.15) is 53.5 Å². The first-order chi connectivity index (χ1) is 18.4. The zero-order valence-corrected chi connectivity index (χ0v) is 22.1. The molecule has 10 nitrogen and oxygen atoms in total. The second kappa shape index (κ2) is 10.7. The first-order valence-electron chi connectivity index (χ1n) is 12.2. The van der Waals surface area contributed by atoms with Crippen molar-refractivity contribution in [3.05, 3.63) is 65.4 Å². The van der Waals surface area contributed by atoms with Crippen LogP contribution < -0.4 is 5.32 Å². The van der Waals surface area contributed by atoms with Crippen LogP contribution in [-0.2, 0) is 21.6 Å². The standard InChI is InChI=1S/C25H26F3N7O3S/c1-3-12-39(37,38)34-10-8-24(16-29,9-11-34)21-6-5-19(14-30-21)33-23(36)20-15-32-35(17(20)2)22-7-4-18(13-31-22)25(26,27)28/h4-7,13-15H,3,8-12H2,1-2H3,(H,33,36). The molecule has 206 valence electrons. The van der Waals surface area contributed by atoms with Crippen molar-refractivity contribution < 1.29 is 26.4 Å². The number of anilines is 1. The summed E-state index contributed by atoms with van der Waals surface area (Å²) < 4.78 is 65.9. The summed E-state index contributed by atoms with van der Waals surface area (Å²) in [6, 6.07) is 7.61. The van der Waals surface area contributed by atoms with Gasteiger partial charge < -0.3 is 5.32 Å². The van der Waals surface area contributed by atoms with Crippen molar-refractivity contribution in [1.29, 1.82) is 5.26 Å². The van der Waals surface area contributed by atoms with Crippen LogP contribution in [0.25, 0.3) is 5.82 Å². The number of sulfonamides is 1. The van der Waals surface area contributed by atoms with Crippen molar-refractivity contribution >= 4 is 21.6 Å². The third-order valence-electron chi connectivity index (χ3n) is 6.70. The lowest BCUT2D eigenvalue weighted by molar-refractivity contribution is -0.137. The largest absolute Gasteiger partial charge is 0.417 e. The molecule has 0 radical (unpaired) electrons. The fraction of sp³-hybridized carbons (Fsp3) is 0.400. The van der Waals surface area contributed by atoms with E-state index < -0.39 is 33.1 Å². The summed E-state index contributed by atoms with van der Waals surface area (Å²) in [4.78, 5) is 21.1. The lowest BCUT2D eigenvalue weighted by atomic mass is 9.77. The molecule has 1 N–H and O–H groups in total. The predicted octanol–water partition coefficient (Wildman–Crippen LogP) is 3.84. The summed E-state index contributed by atoms with van der Waals surface area (Å²) in [5.74, 6) is -0.316. The molecule has 0 bridgehead atoms. The summed E-state index contributed by atoms with van der Waals surface area (Å²) in [7, 11) is -3.35. The summed E-state index contributed by atoms with van der Waals surface area (Å²) in [6.45, 7) is 3.85. The van der Waals surface area contributed by atoms with E-state index in [1.807, 2.05) is 0 Å². The number of nitrogens with one attached hydrogen (secondary N) is 1. The van der Waals surface area contributed by atoms with Crippen LogP contribution in [0.15, 0.2) is 42.9 Å². The van der Waals surface area contributed by atoms with Gasteiger partial charge in [0.25, 0.3) is 5.91 Å². The molecule has 0 spiro atoms. The summed E-state index contributed by atoms with van der Waals surface area (Å²) in [5.41, 5.74) is -0.414. The number of amides is 1. The number of hydrogen-bond acceptors (Lipinski definition) is 7. The topological polar surface area (TPSA) is 134 Å². The highest BCUT2D eigenvalue weighted by Gasteiger charge is 2.40. The normalized spacial score (nSPS) is 16.0. The SMILES string of the molecule is CCCS(=O)(=O)N1CCC(C#N)(c2ccc(NC(=O)c3cnn(-c4ccc(C(F)(F)F)cn4)c3C)cn2)CC1. The molecule has 1 aliphatic heterocycles. The molecule has 3 aromatic heterocycles. The van der Waals surface area contributed by atoms with E-state index in [9.17, 15) is 31.6 Å². The Morgan fingerprint density at radius 2 is 1.85 bits per heavy atom. The van der Waals surface area contributed by atoms with E-state index >= 15 is 0 Å². The molecule has 1 amide bonds. The number of carbonyl (C=O) groups is 1. The van der Waals surface area contributed by atoms with E-state index in [2.05, 4.69) is 26.5 Å². The minimum atomic E-state index is -4.52. The Morgan fingerprint density at radius 3 is 2.38 bits per heavy atom. The molecule has 0 saturated carbocycles. The maximum absolute atomic E-state index is 12.9. The molecule has 14 heteroatoms. The summed E-state index contributed by atoms with van der Waals surface area (Å²) in [5, 5.41) is 16.7. The Morgan fingerprint density at radius 1 is 1.13 bits per heavy atom. The van der Waals surface area contributed by atoms with Crippen molar-refractivity contribution in [2.24, 2.45) is 0 Å². The zero-order valence-electron chi connectivity index (χ0n) is 21.2. The zero-order chi connectivity index (χ0) is 28.4. The fourth-order valence-corrected chi connectivity index (χ4v) is 5.96. The Balaban J connectivity index is 1.45. The average molecular weight is 562 g/mol. The van der Waals surface area contributed by atoms with Gasteiger partial charge in [0.2, 0.25) is 10.0 Å². The van der Waals surface area contributed by atoms with Crippen LogP contribution in [0, 0.1) is 18.3 Å². The van der Waals surface area contributed by atoms with Gasteiger partial charge in [-0.15, -0.1) is 0 Å². The molecular weight excluding hydrogens is 535 g/mol. The molecule has 3 aromatic rings. The first kappa shape index (κ1) is 28.2. The molecule has 0 aromatic carbocycles. The number of pyridine rings is 2. The second-order valence-corrected chi connectivity index (χ2v) is 11.3. The third kappa shape index (κ3) is 5.79. The molecule has 4 heterocycles. The average Bonchev–Trinajstić information content (AvgIpc) is 3.30. The van der Waals surface area contributed by atoms with Crippen molar-refractivity contribution in [2.45, 2.75) is 44.7 Å². The van der Waals surface area contributed by atoms with Gasteiger partial charge in [-0.1, -0.05) is 6.92 Å². The summed E-state index contributed by atoms with van der Waals surface area (Å²) in [6.07, 6.45) is 0.0248. The third-order valence-corrected chi connectivity index (χ3v) is 8.78. The van der Waals surface area contributed by atoms with Crippen molar-refractivity contribution in [1.82, 2.24) is 24.1 Å². The van der Waals surface area contributed by atoms with Crippen LogP contribution in [0.2, 0.25) is 0 Å². The van der Waals surface area contributed by atoms with Gasteiger partial charge in [0.15, 0.2) is 5.82 Å². The number of halogens is 3. The van der Waals surface area contributed by atoms with Gasteiger partial charge >= 0.3 is 6.18 Å². The van der Waals surface area contributed by atoms with Gasteiger partial charge in [0.1, 0.15) is 5.41 Å². The van der Waals surface area contributed by atoms with E-state index in [-0.39, 0.29) is 30.2 Å². The minimum Gasteiger partial charge on any atom is -0.320 e. The van der Waals surface area contributed by atoms with Gasteiger partial charge in [-0.3, -0.25) is 9.78 Å². The van der Waals surface area contributed by atoms with E-state index in [4.69, 9.17) is 0 Å². The number of hydrogen-bond donors (Lipinski definition) is 1. The van der Waals surface area contributed by atoms with Gasteiger partial charge in [-0.25, -0.2) is 22.4 Å².